The van der Waals surface area contributed by atoms with Gasteiger partial charge in [-0.2, -0.15) is 8.42 Å². The summed E-state index contributed by atoms with van der Waals surface area (Å²) in [4.78, 5) is 14.8. The third-order valence-electron chi connectivity index (χ3n) is 4.82. The van der Waals surface area contributed by atoms with E-state index >= 15 is 0 Å². The van der Waals surface area contributed by atoms with E-state index in [0.29, 0.717) is 24.5 Å². The number of anilines is 1. The van der Waals surface area contributed by atoms with Crippen LogP contribution in [-0.4, -0.2) is 38.2 Å². The van der Waals surface area contributed by atoms with Gasteiger partial charge in [-0.15, -0.1) is 4.40 Å². The second-order valence-electron chi connectivity index (χ2n) is 6.67. The molecule has 27 heavy (non-hydrogen) atoms. The van der Waals surface area contributed by atoms with Crippen molar-refractivity contribution in [1.29, 1.82) is 0 Å². The highest BCUT2D eigenvalue weighted by atomic mass is 79.9. The standard InChI is InChI=1S/C19H18BrN3O3S/c20-14-7-9-15(10-8-14)21-19(24)13-4-3-11-23(12-13)18-16-5-1-2-6-17(16)27(25,26)22-18/h1-2,5-10,13H,3-4,11-12H2,(H,21,24)/t13-/m1/s1. The van der Waals surface area contributed by atoms with Gasteiger partial charge < -0.3 is 10.2 Å². The van der Waals surface area contributed by atoms with E-state index in [4.69, 9.17) is 0 Å². The number of amidine groups is 1. The van der Waals surface area contributed by atoms with Crippen LogP contribution in [0, 0.1) is 5.92 Å². The molecule has 1 atom stereocenters. The molecule has 2 aliphatic rings. The predicted molar refractivity (Wildman–Crippen MR) is 107 cm³/mol. The molecule has 4 rings (SSSR count). The van der Waals surface area contributed by atoms with E-state index in [1.807, 2.05) is 29.2 Å². The zero-order valence-electron chi connectivity index (χ0n) is 14.4. The lowest BCUT2D eigenvalue weighted by atomic mass is 9.96. The number of carbonyl (C=O) groups is 1. The van der Waals surface area contributed by atoms with Crippen LogP contribution >= 0.6 is 15.9 Å². The van der Waals surface area contributed by atoms with E-state index < -0.39 is 10.0 Å². The van der Waals surface area contributed by atoms with Crippen LogP contribution in [0.2, 0.25) is 0 Å². The van der Waals surface area contributed by atoms with E-state index in [2.05, 4.69) is 25.6 Å². The maximum atomic E-state index is 12.7. The number of rotatable bonds is 2. The van der Waals surface area contributed by atoms with E-state index in [1.54, 1.807) is 24.3 Å². The Hall–Kier alpha value is -2.19. The Bertz CT molecular complexity index is 1020. The van der Waals surface area contributed by atoms with Crippen molar-refractivity contribution in [3.8, 4) is 0 Å². The first-order chi connectivity index (χ1) is 12.9. The lowest BCUT2D eigenvalue weighted by Gasteiger charge is -2.33. The van der Waals surface area contributed by atoms with Crippen LogP contribution in [0.5, 0.6) is 0 Å². The van der Waals surface area contributed by atoms with Crippen LogP contribution in [0.25, 0.3) is 0 Å². The molecule has 0 bridgehead atoms. The molecule has 0 aliphatic carbocycles. The van der Waals surface area contributed by atoms with Crippen molar-refractivity contribution in [2.75, 3.05) is 18.4 Å². The highest BCUT2D eigenvalue weighted by Gasteiger charge is 2.35. The second-order valence-corrected chi connectivity index (χ2v) is 9.16. The molecule has 0 unspecified atom stereocenters. The van der Waals surface area contributed by atoms with Crippen LogP contribution < -0.4 is 5.32 Å². The molecule has 2 aliphatic heterocycles. The van der Waals surface area contributed by atoms with Crippen molar-refractivity contribution in [3.63, 3.8) is 0 Å². The fraction of sp³-hybridized carbons (Fsp3) is 0.263. The number of halogens is 1. The Morgan fingerprint density at radius 1 is 1.15 bits per heavy atom. The predicted octanol–water partition coefficient (Wildman–Crippen LogP) is 3.25. The minimum atomic E-state index is -3.65. The number of benzene rings is 2. The molecule has 6 nitrogen and oxygen atoms in total. The molecule has 0 spiro atoms. The Balaban J connectivity index is 1.52. The average Bonchev–Trinajstić information content (AvgIpc) is 2.95. The number of sulfonamides is 1. The summed E-state index contributed by atoms with van der Waals surface area (Å²) in [6.07, 6.45) is 1.57. The molecular weight excluding hydrogens is 430 g/mol. The summed E-state index contributed by atoms with van der Waals surface area (Å²) in [5.74, 6) is 0.170. The van der Waals surface area contributed by atoms with Gasteiger partial charge in [0.05, 0.1) is 5.92 Å². The van der Waals surface area contributed by atoms with Gasteiger partial charge in [0.15, 0.2) is 5.84 Å². The van der Waals surface area contributed by atoms with Gasteiger partial charge in [0, 0.05) is 28.8 Å². The zero-order chi connectivity index (χ0) is 19.0. The van der Waals surface area contributed by atoms with Gasteiger partial charge in [-0.1, -0.05) is 28.1 Å². The summed E-state index contributed by atoms with van der Waals surface area (Å²) in [5, 5.41) is 2.94. The highest BCUT2D eigenvalue weighted by molar-refractivity contribution is 9.10. The van der Waals surface area contributed by atoms with Gasteiger partial charge in [-0.05, 0) is 49.2 Å². The van der Waals surface area contributed by atoms with E-state index in [-0.39, 0.29) is 16.7 Å². The maximum absolute atomic E-state index is 12.7. The lowest BCUT2D eigenvalue weighted by molar-refractivity contribution is -0.121. The summed E-state index contributed by atoms with van der Waals surface area (Å²) in [6.45, 7) is 1.13. The average molecular weight is 448 g/mol. The molecule has 1 N–H and O–H groups in total. The van der Waals surface area contributed by atoms with Crippen molar-refractivity contribution in [2.45, 2.75) is 17.7 Å². The number of carbonyl (C=O) groups excluding carboxylic acids is 1. The molecule has 0 radical (unpaired) electrons. The molecule has 2 aromatic carbocycles. The number of amides is 1. The molecule has 1 saturated heterocycles. The minimum absolute atomic E-state index is 0.0586. The summed E-state index contributed by atoms with van der Waals surface area (Å²) in [7, 11) is -3.65. The quantitative estimate of drug-likeness (QED) is 0.765. The number of fused-ring (bicyclic) bond motifs is 1. The smallest absolute Gasteiger partial charge is 0.285 e. The molecule has 1 fully saturated rings. The van der Waals surface area contributed by atoms with Crippen molar-refractivity contribution in [3.05, 3.63) is 58.6 Å². The molecule has 1 amide bonds. The lowest BCUT2D eigenvalue weighted by Crippen LogP contribution is -2.43. The molecule has 2 aromatic rings. The topological polar surface area (TPSA) is 78.8 Å². The van der Waals surface area contributed by atoms with Gasteiger partial charge in [0.25, 0.3) is 10.0 Å². The summed E-state index contributed by atoms with van der Waals surface area (Å²) < 4.78 is 29.5. The minimum Gasteiger partial charge on any atom is -0.355 e. The first kappa shape index (κ1) is 18.2. The second kappa shape index (κ2) is 7.09. The largest absolute Gasteiger partial charge is 0.355 e. The Morgan fingerprint density at radius 3 is 2.67 bits per heavy atom. The SMILES string of the molecule is O=C(Nc1ccc(Br)cc1)[C@@H]1CCCN(C2=NS(=O)(=O)c3ccccc32)C1. The fourth-order valence-corrected chi connectivity index (χ4v) is 4.97. The van der Waals surface area contributed by atoms with Gasteiger partial charge >= 0.3 is 0 Å². The van der Waals surface area contributed by atoms with Crippen molar-refractivity contribution < 1.29 is 13.2 Å². The normalized spacial score (nSPS) is 20.7. The highest BCUT2D eigenvalue weighted by Crippen LogP contribution is 2.30. The third kappa shape index (κ3) is 3.64. The van der Waals surface area contributed by atoms with Gasteiger partial charge in [-0.3, -0.25) is 4.79 Å². The molecule has 8 heteroatoms. The van der Waals surface area contributed by atoms with Gasteiger partial charge in [0.2, 0.25) is 5.91 Å². The van der Waals surface area contributed by atoms with Crippen molar-refractivity contribution in [1.82, 2.24) is 4.90 Å². The van der Waals surface area contributed by atoms with Crippen LogP contribution in [0.4, 0.5) is 5.69 Å². The van der Waals surface area contributed by atoms with Crippen molar-refractivity contribution >= 4 is 43.4 Å². The summed E-state index contributed by atoms with van der Waals surface area (Å²) in [5.41, 5.74) is 1.36. The monoisotopic (exact) mass is 447 g/mol. The molecule has 0 aromatic heterocycles. The summed E-state index contributed by atoms with van der Waals surface area (Å²) >= 11 is 3.37. The van der Waals surface area contributed by atoms with Gasteiger partial charge in [0.1, 0.15) is 4.90 Å². The molecule has 140 valence electrons. The van der Waals surface area contributed by atoms with Crippen LogP contribution in [0.1, 0.15) is 18.4 Å². The first-order valence-electron chi connectivity index (χ1n) is 8.70. The molecule has 0 saturated carbocycles. The van der Waals surface area contributed by atoms with Gasteiger partial charge in [-0.25, -0.2) is 0 Å². The number of nitrogens with zero attached hydrogens (tertiary/aromatic N) is 2. The van der Waals surface area contributed by atoms with Crippen LogP contribution in [-0.2, 0) is 14.8 Å². The van der Waals surface area contributed by atoms with Crippen LogP contribution in [0.15, 0.2) is 62.3 Å². The number of likely N-dealkylation sites (tertiary alicyclic amines) is 1. The number of piperidine rings is 1. The number of hydrogen-bond donors (Lipinski definition) is 1. The molecular formula is C19H18BrN3O3S. The van der Waals surface area contributed by atoms with Crippen LogP contribution in [0.3, 0.4) is 0 Å². The fourth-order valence-electron chi connectivity index (χ4n) is 3.48. The Kier molecular flexibility index (Phi) is 4.77. The van der Waals surface area contributed by atoms with Crippen molar-refractivity contribution in [2.24, 2.45) is 10.3 Å². The summed E-state index contributed by atoms with van der Waals surface area (Å²) in [6, 6.07) is 14.3. The third-order valence-corrected chi connectivity index (χ3v) is 6.67. The maximum Gasteiger partial charge on any atom is 0.285 e. The van der Waals surface area contributed by atoms with E-state index in [9.17, 15) is 13.2 Å². The Morgan fingerprint density at radius 2 is 1.89 bits per heavy atom. The molecule has 2 heterocycles. The van der Waals surface area contributed by atoms with E-state index in [0.717, 1.165) is 23.0 Å². The first-order valence-corrected chi connectivity index (χ1v) is 10.9. The Labute approximate surface area is 166 Å². The number of nitrogens with one attached hydrogen (secondary N) is 1. The zero-order valence-corrected chi connectivity index (χ0v) is 16.8. The van der Waals surface area contributed by atoms with E-state index in [1.165, 1.54) is 0 Å². The number of hydrogen-bond acceptors (Lipinski definition) is 4.